The van der Waals surface area contributed by atoms with Gasteiger partial charge in [0.15, 0.2) is 5.60 Å². The summed E-state index contributed by atoms with van der Waals surface area (Å²) in [5, 5.41) is 33.8. The zero-order valence-electron chi connectivity index (χ0n) is 6.84. The Morgan fingerprint density at radius 1 is 0.933 bits per heavy atom. The molecule has 0 aliphatic rings. The summed E-state index contributed by atoms with van der Waals surface area (Å²) in [6.45, 7) is 0. The van der Waals surface area contributed by atoms with Crippen molar-refractivity contribution in [1.82, 2.24) is 0 Å². The van der Waals surface area contributed by atoms with Crippen molar-refractivity contribution in [2.75, 3.05) is 0 Å². The molecule has 0 saturated heterocycles. The van der Waals surface area contributed by atoms with Crippen LogP contribution in [-0.4, -0.2) is 95.3 Å². The van der Waals surface area contributed by atoms with E-state index in [2.05, 4.69) is 0 Å². The number of carboxylic acids is 3. The minimum absolute atomic E-state index is 0. The first kappa shape index (κ1) is 20.7. The van der Waals surface area contributed by atoms with Gasteiger partial charge in [0, 0.05) is 0 Å². The second-order valence-electron chi connectivity index (χ2n) is 2.48. The molecule has 0 atom stereocenters. The van der Waals surface area contributed by atoms with Gasteiger partial charge in [-0.05, 0) is 0 Å². The third-order valence-corrected chi connectivity index (χ3v) is 1.29. The molecule has 0 saturated carbocycles. The van der Waals surface area contributed by atoms with Crippen molar-refractivity contribution >= 4 is 81.7 Å². The number of carbonyl (C=O) groups is 3. The van der Waals surface area contributed by atoms with Crippen LogP contribution in [0.5, 0.6) is 0 Å². The quantitative estimate of drug-likeness (QED) is 0.447. The fourth-order valence-electron chi connectivity index (χ4n) is 0.714. The maximum atomic E-state index is 10.3. The Labute approximate surface area is 133 Å². The van der Waals surface area contributed by atoms with Gasteiger partial charge in [-0.1, -0.05) is 0 Å². The molecule has 9 heteroatoms. The van der Waals surface area contributed by atoms with Gasteiger partial charge in [0.2, 0.25) is 0 Å². The molecular weight excluding hydrogens is 259 g/mol. The molecule has 0 spiro atoms. The summed E-state index contributed by atoms with van der Waals surface area (Å²) in [6.07, 6.45) is -2.29. The van der Waals surface area contributed by atoms with Crippen LogP contribution in [0.15, 0.2) is 0 Å². The fourth-order valence-corrected chi connectivity index (χ4v) is 0.714. The molecule has 0 heterocycles. The zero-order chi connectivity index (χ0) is 10.6. The van der Waals surface area contributed by atoms with Crippen LogP contribution in [0.25, 0.3) is 0 Å². The van der Waals surface area contributed by atoms with E-state index < -0.39 is 36.4 Å². The van der Waals surface area contributed by atoms with Gasteiger partial charge in [0.05, 0.1) is 12.8 Å². The van der Waals surface area contributed by atoms with Crippen molar-refractivity contribution in [3.8, 4) is 0 Å². The molecule has 4 N–H and O–H groups in total. The molecule has 0 amide bonds. The van der Waals surface area contributed by atoms with E-state index in [0.717, 1.165) is 0 Å². The molecule has 0 aliphatic heterocycles. The molecule has 0 rings (SSSR count). The van der Waals surface area contributed by atoms with Gasteiger partial charge in [0.25, 0.3) is 0 Å². The van der Waals surface area contributed by atoms with Crippen LogP contribution >= 0.6 is 12.4 Å². The van der Waals surface area contributed by atoms with E-state index in [9.17, 15) is 14.4 Å². The molecular formula is C6H10ClKO7. The summed E-state index contributed by atoms with van der Waals surface area (Å²) >= 11 is 0. The topological polar surface area (TPSA) is 132 Å². The predicted octanol–water partition coefficient (Wildman–Crippen LogP) is -1.48. The van der Waals surface area contributed by atoms with Crippen LogP contribution in [0.2, 0.25) is 0 Å². The molecule has 84 valence electrons. The first-order valence-electron chi connectivity index (χ1n) is 3.17. The number of aliphatic carboxylic acids is 3. The van der Waals surface area contributed by atoms with Crippen molar-refractivity contribution in [2.45, 2.75) is 18.4 Å². The van der Waals surface area contributed by atoms with Crippen molar-refractivity contribution < 1.29 is 34.8 Å². The van der Waals surface area contributed by atoms with E-state index in [1.807, 2.05) is 0 Å². The molecule has 15 heavy (non-hydrogen) atoms. The van der Waals surface area contributed by atoms with Crippen LogP contribution in [0, 0.1) is 0 Å². The van der Waals surface area contributed by atoms with Gasteiger partial charge in [-0.2, -0.15) is 0 Å². The molecule has 0 unspecified atom stereocenters. The van der Waals surface area contributed by atoms with E-state index in [1.165, 1.54) is 0 Å². The third kappa shape index (κ3) is 8.14. The molecule has 7 nitrogen and oxygen atoms in total. The van der Waals surface area contributed by atoms with Crippen molar-refractivity contribution in [1.29, 1.82) is 0 Å². The Morgan fingerprint density at radius 2 is 1.20 bits per heavy atom. The van der Waals surface area contributed by atoms with E-state index in [0.29, 0.717) is 0 Å². The number of rotatable bonds is 5. The SMILES string of the molecule is Cl.O=C(O)CC(O)(CC(=O)O)C(=O)O.[KH]. The zero-order valence-corrected chi connectivity index (χ0v) is 7.65. The minimum atomic E-state index is -2.74. The maximum absolute atomic E-state index is 10.3. The Balaban J connectivity index is -0.000000720. The summed E-state index contributed by atoms with van der Waals surface area (Å²) < 4.78 is 0. The van der Waals surface area contributed by atoms with Crippen LogP contribution in [-0.2, 0) is 14.4 Å². The average molecular weight is 269 g/mol. The summed E-state index contributed by atoms with van der Waals surface area (Å²) in [6, 6.07) is 0. The van der Waals surface area contributed by atoms with E-state index in [-0.39, 0.29) is 63.8 Å². The number of carboxylic acid groups (broad SMARTS) is 3. The molecule has 0 fully saturated rings. The van der Waals surface area contributed by atoms with E-state index in [4.69, 9.17) is 20.4 Å². The molecule has 0 aromatic heterocycles. The second-order valence-corrected chi connectivity index (χ2v) is 2.48. The standard InChI is InChI=1S/C6H8O7.ClH.K.H/c7-3(8)1-6(13,5(11)12)2-4(9)10;;;/h13H,1-2H2,(H,7,8)(H,9,10)(H,11,12);1H;;. The summed E-state index contributed by atoms with van der Waals surface area (Å²) in [5.41, 5.74) is -2.74. The number of hydrogen-bond donors (Lipinski definition) is 4. The molecule has 0 aromatic carbocycles. The van der Waals surface area contributed by atoms with Crippen LogP contribution in [0.1, 0.15) is 12.8 Å². The first-order valence-corrected chi connectivity index (χ1v) is 3.17. The number of halogens is 1. The van der Waals surface area contributed by atoms with Gasteiger partial charge < -0.3 is 20.4 Å². The summed E-state index contributed by atoms with van der Waals surface area (Å²) in [4.78, 5) is 30.5. The molecule has 0 aliphatic carbocycles. The van der Waals surface area contributed by atoms with Gasteiger partial charge in [-0.15, -0.1) is 12.4 Å². The normalized spacial score (nSPS) is 9.40. The predicted molar refractivity (Wildman–Crippen MR) is 51.5 cm³/mol. The van der Waals surface area contributed by atoms with Gasteiger partial charge in [-0.25, -0.2) is 4.79 Å². The second kappa shape index (κ2) is 8.45. The Hall–Kier alpha value is 0.296. The van der Waals surface area contributed by atoms with E-state index in [1.54, 1.807) is 0 Å². The average Bonchev–Trinajstić information content (AvgIpc) is 1.82. The first-order chi connectivity index (χ1) is 5.78. The Bertz CT molecular complexity index is 238. The van der Waals surface area contributed by atoms with Gasteiger partial charge >= 0.3 is 69.3 Å². The van der Waals surface area contributed by atoms with Crippen molar-refractivity contribution in [3.63, 3.8) is 0 Å². The van der Waals surface area contributed by atoms with Crippen LogP contribution in [0.3, 0.4) is 0 Å². The monoisotopic (exact) mass is 268 g/mol. The third-order valence-electron chi connectivity index (χ3n) is 1.29. The fraction of sp³-hybridized carbons (Fsp3) is 0.500. The molecule has 0 aromatic rings. The Kier molecular flexibility index (Phi) is 11.6. The summed E-state index contributed by atoms with van der Waals surface area (Å²) in [5.74, 6) is -5.02. The van der Waals surface area contributed by atoms with Gasteiger partial charge in [-0.3, -0.25) is 9.59 Å². The molecule has 0 radical (unpaired) electrons. The number of hydrogen-bond acceptors (Lipinski definition) is 4. The number of aliphatic hydroxyl groups is 1. The van der Waals surface area contributed by atoms with Crippen LogP contribution in [0.4, 0.5) is 0 Å². The van der Waals surface area contributed by atoms with Gasteiger partial charge in [0.1, 0.15) is 0 Å². The Morgan fingerprint density at radius 3 is 1.33 bits per heavy atom. The van der Waals surface area contributed by atoms with Crippen LogP contribution < -0.4 is 0 Å². The van der Waals surface area contributed by atoms with Crippen molar-refractivity contribution in [2.24, 2.45) is 0 Å². The van der Waals surface area contributed by atoms with Crippen molar-refractivity contribution in [3.05, 3.63) is 0 Å². The van der Waals surface area contributed by atoms with E-state index >= 15 is 0 Å². The molecule has 0 bridgehead atoms. The summed E-state index contributed by atoms with van der Waals surface area (Å²) in [7, 11) is 0.